The third-order valence-corrected chi connectivity index (χ3v) is 4.62. The largest absolute Gasteiger partial charge is 0.495 e. The Bertz CT molecular complexity index is 1060. The number of rotatable bonds is 8. The Kier molecular flexibility index (Phi) is 7.22. The van der Waals surface area contributed by atoms with Crippen LogP contribution in [0.15, 0.2) is 60.8 Å². The maximum atomic E-state index is 12.4. The van der Waals surface area contributed by atoms with Crippen LogP contribution in [0.1, 0.15) is 28.0 Å². The number of benzene rings is 2. The smallest absolute Gasteiger partial charge is 0.269 e. The van der Waals surface area contributed by atoms with Gasteiger partial charge in [0.15, 0.2) is 0 Å². The Hall–Kier alpha value is -3.87. The minimum atomic E-state index is -0.276. The number of nitrogens with one attached hydrogen (secondary N) is 2. The van der Waals surface area contributed by atoms with E-state index >= 15 is 0 Å². The van der Waals surface area contributed by atoms with Gasteiger partial charge in [0.05, 0.1) is 12.8 Å². The number of aromatic nitrogens is 1. The summed E-state index contributed by atoms with van der Waals surface area (Å²) in [7, 11) is 3.13. The zero-order valence-electron chi connectivity index (χ0n) is 17.8. The van der Waals surface area contributed by atoms with Crippen molar-refractivity contribution in [3.63, 3.8) is 0 Å². The zero-order valence-corrected chi connectivity index (χ0v) is 17.8. The van der Waals surface area contributed by atoms with Crippen LogP contribution >= 0.6 is 0 Å². The van der Waals surface area contributed by atoms with Crippen LogP contribution in [-0.2, 0) is 11.2 Å². The SMILES string of the molecule is CNC(=O)c1cc(Oc2ccc(CCC(=O)Nc3cc(C)ccc3OC)cc2)ccn1. The number of amides is 2. The highest BCUT2D eigenvalue weighted by Gasteiger charge is 2.09. The summed E-state index contributed by atoms with van der Waals surface area (Å²) in [4.78, 5) is 28.1. The summed E-state index contributed by atoms with van der Waals surface area (Å²) < 4.78 is 11.1. The van der Waals surface area contributed by atoms with Crippen molar-refractivity contribution in [2.24, 2.45) is 0 Å². The lowest BCUT2D eigenvalue weighted by Gasteiger charge is -2.11. The Morgan fingerprint density at radius 3 is 2.48 bits per heavy atom. The number of methoxy groups -OCH3 is 1. The maximum absolute atomic E-state index is 12.4. The number of carbonyl (C=O) groups excluding carboxylic acids is 2. The molecule has 0 spiro atoms. The van der Waals surface area contributed by atoms with Crippen molar-refractivity contribution in [3.8, 4) is 17.2 Å². The molecule has 1 heterocycles. The van der Waals surface area contributed by atoms with Crippen LogP contribution in [0.2, 0.25) is 0 Å². The van der Waals surface area contributed by atoms with E-state index in [4.69, 9.17) is 9.47 Å². The number of hydrogen-bond donors (Lipinski definition) is 2. The van der Waals surface area contributed by atoms with Crippen molar-refractivity contribution in [3.05, 3.63) is 77.6 Å². The van der Waals surface area contributed by atoms with Gasteiger partial charge in [-0.15, -0.1) is 0 Å². The quantitative estimate of drug-likeness (QED) is 0.573. The topological polar surface area (TPSA) is 89.5 Å². The predicted octanol–water partition coefficient (Wildman–Crippen LogP) is 4.12. The predicted molar refractivity (Wildman–Crippen MR) is 119 cm³/mol. The van der Waals surface area contributed by atoms with Crippen LogP contribution < -0.4 is 20.1 Å². The molecule has 3 aromatic rings. The molecular weight excluding hydrogens is 394 g/mol. The van der Waals surface area contributed by atoms with Crippen LogP contribution in [0.3, 0.4) is 0 Å². The maximum Gasteiger partial charge on any atom is 0.269 e. The second kappa shape index (κ2) is 10.2. The Morgan fingerprint density at radius 2 is 1.77 bits per heavy atom. The average molecular weight is 419 g/mol. The molecule has 0 aliphatic carbocycles. The molecule has 7 nitrogen and oxygen atoms in total. The molecule has 2 amide bonds. The third-order valence-electron chi connectivity index (χ3n) is 4.62. The normalized spacial score (nSPS) is 10.3. The standard InChI is InChI=1S/C24H25N3O4/c1-16-4-10-22(30-3)20(14-16)27-23(28)11-7-17-5-8-18(9-6-17)31-19-12-13-26-21(15-19)24(29)25-2/h4-6,8-10,12-15H,7,11H2,1-3H3,(H,25,29)(H,27,28). The lowest BCUT2D eigenvalue weighted by molar-refractivity contribution is -0.116. The zero-order chi connectivity index (χ0) is 22.2. The summed E-state index contributed by atoms with van der Waals surface area (Å²) in [5.41, 5.74) is 3.01. The first-order valence-electron chi connectivity index (χ1n) is 9.88. The van der Waals surface area contributed by atoms with Gasteiger partial charge >= 0.3 is 0 Å². The highest BCUT2D eigenvalue weighted by atomic mass is 16.5. The summed E-state index contributed by atoms with van der Waals surface area (Å²) in [6.07, 6.45) is 2.46. The number of nitrogens with zero attached hydrogens (tertiary/aromatic N) is 1. The van der Waals surface area contributed by atoms with Crippen LogP contribution in [-0.4, -0.2) is 31.0 Å². The first-order valence-corrected chi connectivity index (χ1v) is 9.88. The number of pyridine rings is 1. The molecule has 3 rings (SSSR count). The molecule has 0 unspecified atom stereocenters. The van der Waals surface area contributed by atoms with E-state index in [-0.39, 0.29) is 17.5 Å². The van der Waals surface area contributed by atoms with Gasteiger partial charge in [-0.3, -0.25) is 14.6 Å². The van der Waals surface area contributed by atoms with Crippen LogP contribution in [0.5, 0.6) is 17.2 Å². The van der Waals surface area contributed by atoms with Crippen molar-refractivity contribution in [2.75, 3.05) is 19.5 Å². The molecule has 0 saturated carbocycles. The molecule has 0 fully saturated rings. The Morgan fingerprint density at radius 1 is 1.00 bits per heavy atom. The van der Waals surface area contributed by atoms with E-state index in [2.05, 4.69) is 15.6 Å². The second-order valence-electron chi connectivity index (χ2n) is 6.95. The highest BCUT2D eigenvalue weighted by molar-refractivity contribution is 5.93. The minimum absolute atomic E-state index is 0.0808. The molecule has 1 aromatic heterocycles. The van der Waals surface area contributed by atoms with Gasteiger partial charge in [-0.2, -0.15) is 0 Å². The van der Waals surface area contributed by atoms with Crippen LogP contribution in [0.4, 0.5) is 5.69 Å². The first-order chi connectivity index (χ1) is 15.0. The summed E-state index contributed by atoms with van der Waals surface area (Å²) >= 11 is 0. The van der Waals surface area contributed by atoms with Gasteiger partial charge in [0.25, 0.3) is 5.91 Å². The molecule has 0 atom stereocenters. The summed E-state index contributed by atoms with van der Waals surface area (Å²) in [6.45, 7) is 1.96. The number of carbonyl (C=O) groups is 2. The minimum Gasteiger partial charge on any atom is -0.495 e. The average Bonchev–Trinajstić information content (AvgIpc) is 2.78. The highest BCUT2D eigenvalue weighted by Crippen LogP contribution is 2.26. The molecule has 0 bridgehead atoms. The summed E-state index contributed by atoms with van der Waals surface area (Å²) in [6, 6.07) is 16.4. The molecule has 0 aliphatic rings. The monoisotopic (exact) mass is 419 g/mol. The lowest BCUT2D eigenvalue weighted by Crippen LogP contribution is -2.18. The number of aryl methyl sites for hydroxylation is 2. The number of hydrogen-bond acceptors (Lipinski definition) is 5. The fraction of sp³-hybridized carbons (Fsp3) is 0.208. The van der Waals surface area contributed by atoms with Gasteiger partial charge < -0.3 is 20.1 Å². The third kappa shape index (κ3) is 6.05. The molecule has 2 aromatic carbocycles. The first kappa shape index (κ1) is 21.8. The van der Waals surface area contributed by atoms with E-state index in [1.54, 1.807) is 26.3 Å². The van der Waals surface area contributed by atoms with Crippen LogP contribution in [0, 0.1) is 6.92 Å². The van der Waals surface area contributed by atoms with Gasteiger partial charge in [0, 0.05) is 25.7 Å². The van der Waals surface area contributed by atoms with Gasteiger partial charge in [-0.05, 0) is 54.8 Å². The molecule has 31 heavy (non-hydrogen) atoms. The Balaban J connectivity index is 1.56. The van der Waals surface area contributed by atoms with E-state index in [1.165, 1.54) is 6.20 Å². The van der Waals surface area contributed by atoms with Gasteiger partial charge in [0.1, 0.15) is 22.9 Å². The lowest BCUT2D eigenvalue weighted by atomic mass is 10.1. The van der Waals surface area contributed by atoms with E-state index in [1.807, 2.05) is 49.4 Å². The molecule has 0 saturated heterocycles. The van der Waals surface area contributed by atoms with Crippen molar-refractivity contribution in [2.45, 2.75) is 19.8 Å². The van der Waals surface area contributed by atoms with Crippen LogP contribution in [0.25, 0.3) is 0 Å². The fourth-order valence-electron chi connectivity index (χ4n) is 2.98. The molecule has 7 heteroatoms. The molecule has 0 aliphatic heterocycles. The van der Waals surface area contributed by atoms with Gasteiger partial charge in [0.2, 0.25) is 5.91 Å². The van der Waals surface area contributed by atoms with Crippen molar-refractivity contribution in [1.29, 1.82) is 0 Å². The molecule has 160 valence electrons. The van der Waals surface area contributed by atoms with Crippen molar-refractivity contribution < 1.29 is 19.1 Å². The number of ether oxygens (including phenoxy) is 2. The molecular formula is C24H25N3O4. The Labute approximate surface area is 181 Å². The van der Waals surface area contributed by atoms with E-state index in [9.17, 15) is 9.59 Å². The second-order valence-corrected chi connectivity index (χ2v) is 6.95. The molecule has 0 radical (unpaired) electrons. The van der Waals surface area contributed by atoms with Crippen molar-refractivity contribution >= 4 is 17.5 Å². The fourth-order valence-corrected chi connectivity index (χ4v) is 2.98. The van der Waals surface area contributed by atoms with Gasteiger partial charge in [-0.1, -0.05) is 18.2 Å². The summed E-state index contributed by atoms with van der Waals surface area (Å²) in [5, 5.41) is 5.44. The van der Waals surface area contributed by atoms with E-state index in [0.717, 1.165) is 11.1 Å². The molecule has 2 N–H and O–H groups in total. The number of anilines is 1. The van der Waals surface area contributed by atoms with Crippen molar-refractivity contribution in [1.82, 2.24) is 10.3 Å². The summed E-state index contributed by atoms with van der Waals surface area (Å²) in [5.74, 6) is 1.43. The van der Waals surface area contributed by atoms with E-state index < -0.39 is 0 Å². The van der Waals surface area contributed by atoms with E-state index in [0.29, 0.717) is 35.8 Å². The van der Waals surface area contributed by atoms with Gasteiger partial charge in [-0.25, -0.2) is 0 Å².